The SMILES string of the molecule is CCOc1ccc(OCC)c(C(=O)OC)c1. The Hall–Kier alpha value is -1.71. The van der Waals surface area contributed by atoms with Crippen molar-refractivity contribution in [1.82, 2.24) is 0 Å². The summed E-state index contributed by atoms with van der Waals surface area (Å²) in [5.74, 6) is 0.717. The third-order valence-corrected chi connectivity index (χ3v) is 1.97. The summed E-state index contributed by atoms with van der Waals surface area (Å²) in [6.45, 7) is 4.79. The number of methoxy groups -OCH3 is 1. The molecule has 0 spiro atoms. The lowest BCUT2D eigenvalue weighted by Gasteiger charge is -2.10. The highest BCUT2D eigenvalue weighted by Gasteiger charge is 2.14. The zero-order valence-electron chi connectivity index (χ0n) is 9.78. The predicted molar refractivity (Wildman–Crippen MR) is 60.1 cm³/mol. The van der Waals surface area contributed by atoms with Crippen molar-refractivity contribution in [3.05, 3.63) is 23.8 Å². The van der Waals surface area contributed by atoms with E-state index >= 15 is 0 Å². The molecule has 1 rings (SSSR count). The smallest absolute Gasteiger partial charge is 0.341 e. The predicted octanol–water partition coefficient (Wildman–Crippen LogP) is 2.27. The zero-order valence-corrected chi connectivity index (χ0v) is 9.78. The van der Waals surface area contributed by atoms with Gasteiger partial charge < -0.3 is 14.2 Å². The second-order valence-corrected chi connectivity index (χ2v) is 3.02. The normalized spacial score (nSPS) is 9.69. The molecule has 88 valence electrons. The van der Waals surface area contributed by atoms with Crippen LogP contribution in [-0.4, -0.2) is 26.3 Å². The summed E-state index contributed by atoms with van der Waals surface area (Å²) in [5, 5.41) is 0. The van der Waals surface area contributed by atoms with Crippen molar-refractivity contribution in [2.75, 3.05) is 20.3 Å². The number of carbonyl (C=O) groups excluding carboxylic acids is 1. The molecular formula is C12H16O4. The fourth-order valence-corrected chi connectivity index (χ4v) is 1.32. The van der Waals surface area contributed by atoms with Gasteiger partial charge in [0.05, 0.1) is 20.3 Å². The quantitative estimate of drug-likeness (QED) is 0.720. The number of hydrogen-bond acceptors (Lipinski definition) is 4. The van der Waals surface area contributed by atoms with Crippen LogP contribution in [0.1, 0.15) is 24.2 Å². The molecule has 1 aromatic rings. The highest BCUT2D eigenvalue weighted by molar-refractivity contribution is 5.92. The third kappa shape index (κ3) is 2.89. The molecule has 0 amide bonds. The van der Waals surface area contributed by atoms with Crippen LogP contribution in [0, 0.1) is 0 Å². The van der Waals surface area contributed by atoms with Gasteiger partial charge in [-0.2, -0.15) is 0 Å². The molecule has 0 aliphatic rings. The highest BCUT2D eigenvalue weighted by atomic mass is 16.5. The lowest BCUT2D eigenvalue weighted by molar-refractivity contribution is 0.0595. The van der Waals surface area contributed by atoms with E-state index in [-0.39, 0.29) is 0 Å². The molecule has 16 heavy (non-hydrogen) atoms. The van der Waals surface area contributed by atoms with Crippen molar-refractivity contribution in [3.8, 4) is 11.5 Å². The van der Waals surface area contributed by atoms with Gasteiger partial charge in [0.25, 0.3) is 0 Å². The maximum atomic E-state index is 11.5. The van der Waals surface area contributed by atoms with Crippen molar-refractivity contribution >= 4 is 5.97 Å². The molecular weight excluding hydrogens is 208 g/mol. The van der Waals surface area contributed by atoms with E-state index in [1.54, 1.807) is 18.2 Å². The number of carbonyl (C=O) groups is 1. The van der Waals surface area contributed by atoms with E-state index in [0.29, 0.717) is 30.3 Å². The Bertz CT molecular complexity index is 360. The van der Waals surface area contributed by atoms with E-state index in [2.05, 4.69) is 4.74 Å². The van der Waals surface area contributed by atoms with Crippen LogP contribution in [-0.2, 0) is 4.74 Å². The Labute approximate surface area is 95.1 Å². The van der Waals surface area contributed by atoms with E-state index in [9.17, 15) is 4.79 Å². The number of benzene rings is 1. The molecule has 0 heterocycles. The Kier molecular flexibility index (Phi) is 4.64. The summed E-state index contributed by atoms with van der Waals surface area (Å²) < 4.78 is 15.3. The first kappa shape index (κ1) is 12.4. The second-order valence-electron chi connectivity index (χ2n) is 3.02. The summed E-state index contributed by atoms with van der Waals surface area (Å²) in [5.41, 5.74) is 0.385. The van der Waals surface area contributed by atoms with Crippen LogP contribution in [0.25, 0.3) is 0 Å². The first-order valence-corrected chi connectivity index (χ1v) is 5.20. The average molecular weight is 224 g/mol. The van der Waals surface area contributed by atoms with Gasteiger partial charge in [0.2, 0.25) is 0 Å². The van der Waals surface area contributed by atoms with E-state index in [4.69, 9.17) is 9.47 Å². The molecule has 0 aromatic heterocycles. The minimum Gasteiger partial charge on any atom is -0.494 e. The van der Waals surface area contributed by atoms with Crippen LogP contribution in [0.3, 0.4) is 0 Å². The van der Waals surface area contributed by atoms with Crippen molar-refractivity contribution in [2.45, 2.75) is 13.8 Å². The van der Waals surface area contributed by atoms with Gasteiger partial charge >= 0.3 is 5.97 Å². The number of esters is 1. The fraction of sp³-hybridized carbons (Fsp3) is 0.417. The number of rotatable bonds is 5. The molecule has 0 aliphatic carbocycles. The van der Waals surface area contributed by atoms with E-state index in [1.807, 2.05) is 13.8 Å². The maximum Gasteiger partial charge on any atom is 0.341 e. The van der Waals surface area contributed by atoms with E-state index in [1.165, 1.54) is 7.11 Å². The first-order chi connectivity index (χ1) is 7.72. The lowest BCUT2D eigenvalue weighted by Crippen LogP contribution is -2.06. The molecule has 0 bridgehead atoms. The van der Waals surface area contributed by atoms with Gasteiger partial charge in [-0.3, -0.25) is 0 Å². The lowest BCUT2D eigenvalue weighted by atomic mass is 10.2. The van der Waals surface area contributed by atoms with Gasteiger partial charge in [0.15, 0.2) is 0 Å². The zero-order chi connectivity index (χ0) is 12.0. The summed E-state index contributed by atoms with van der Waals surface area (Å²) in [4.78, 5) is 11.5. The van der Waals surface area contributed by atoms with Crippen molar-refractivity contribution in [1.29, 1.82) is 0 Å². The molecule has 0 N–H and O–H groups in total. The third-order valence-electron chi connectivity index (χ3n) is 1.97. The summed E-state index contributed by atoms with van der Waals surface area (Å²) >= 11 is 0. The van der Waals surface area contributed by atoms with Gasteiger partial charge in [-0.1, -0.05) is 0 Å². The van der Waals surface area contributed by atoms with Crippen LogP contribution >= 0.6 is 0 Å². The van der Waals surface area contributed by atoms with Crippen LogP contribution in [0.2, 0.25) is 0 Å². The molecule has 0 atom stereocenters. The average Bonchev–Trinajstić information content (AvgIpc) is 2.31. The van der Waals surface area contributed by atoms with Gasteiger partial charge in [0, 0.05) is 0 Å². The highest BCUT2D eigenvalue weighted by Crippen LogP contribution is 2.25. The van der Waals surface area contributed by atoms with Crippen LogP contribution < -0.4 is 9.47 Å². The molecule has 0 saturated heterocycles. The van der Waals surface area contributed by atoms with Crippen LogP contribution in [0.4, 0.5) is 0 Å². The molecule has 0 fully saturated rings. The van der Waals surface area contributed by atoms with Gasteiger partial charge in [-0.05, 0) is 32.0 Å². The van der Waals surface area contributed by atoms with E-state index in [0.717, 1.165) is 0 Å². The summed E-state index contributed by atoms with van der Waals surface area (Å²) in [7, 11) is 1.34. The van der Waals surface area contributed by atoms with Crippen molar-refractivity contribution < 1.29 is 19.0 Å². The standard InChI is InChI=1S/C12H16O4/c1-4-15-9-6-7-11(16-5-2)10(8-9)12(13)14-3/h6-8H,4-5H2,1-3H3. The fourth-order valence-electron chi connectivity index (χ4n) is 1.32. The number of ether oxygens (including phenoxy) is 3. The second kappa shape index (κ2) is 6.00. The minimum atomic E-state index is -0.426. The van der Waals surface area contributed by atoms with Crippen molar-refractivity contribution in [3.63, 3.8) is 0 Å². The molecule has 1 aromatic carbocycles. The number of hydrogen-bond donors (Lipinski definition) is 0. The summed E-state index contributed by atoms with van der Waals surface area (Å²) in [6, 6.07) is 5.10. The Morgan fingerprint density at radius 1 is 1.19 bits per heavy atom. The van der Waals surface area contributed by atoms with E-state index < -0.39 is 5.97 Å². The molecule has 0 aliphatic heterocycles. The molecule has 4 nitrogen and oxygen atoms in total. The van der Waals surface area contributed by atoms with Crippen molar-refractivity contribution in [2.24, 2.45) is 0 Å². The molecule has 0 radical (unpaired) electrons. The minimum absolute atomic E-state index is 0.385. The van der Waals surface area contributed by atoms with Crippen LogP contribution in [0.5, 0.6) is 11.5 Å². The molecule has 4 heteroatoms. The Balaban J connectivity index is 3.05. The van der Waals surface area contributed by atoms with Gasteiger partial charge in [-0.25, -0.2) is 4.79 Å². The van der Waals surface area contributed by atoms with Gasteiger partial charge in [-0.15, -0.1) is 0 Å². The molecule has 0 saturated carbocycles. The topological polar surface area (TPSA) is 44.8 Å². The van der Waals surface area contributed by atoms with Gasteiger partial charge in [0.1, 0.15) is 17.1 Å². The largest absolute Gasteiger partial charge is 0.494 e. The maximum absolute atomic E-state index is 11.5. The Morgan fingerprint density at radius 3 is 2.44 bits per heavy atom. The summed E-state index contributed by atoms with van der Waals surface area (Å²) in [6.07, 6.45) is 0. The first-order valence-electron chi connectivity index (χ1n) is 5.20. The van der Waals surface area contributed by atoms with Crippen LogP contribution in [0.15, 0.2) is 18.2 Å². The molecule has 0 unspecified atom stereocenters. The Morgan fingerprint density at radius 2 is 1.88 bits per heavy atom. The monoisotopic (exact) mass is 224 g/mol.